The van der Waals surface area contributed by atoms with Crippen molar-refractivity contribution >= 4 is 0 Å². The summed E-state index contributed by atoms with van der Waals surface area (Å²) in [7, 11) is 2.03. The van der Waals surface area contributed by atoms with Crippen molar-refractivity contribution in [1.82, 2.24) is 4.90 Å². The van der Waals surface area contributed by atoms with Gasteiger partial charge in [0.05, 0.1) is 0 Å². The topological polar surface area (TPSA) is 23.5 Å². The predicted molar refractivity (Wildman–Crippen MR) is 57.3 cm³/mol. The van der Waals surface area contributed by atoms with Gasteiger partial charge in [-0.2, -0.15) is 0 Å². The first-order chi connectivity index (χ1) is 6.53. The van der Waals surface area contributed by atoms with Crippen molar-refractivity contribution in [3.8, 4) is 0 Å². The number of likely N-dealkylation sites (tertiary alicyclic amines) is 1. The molecule has 0 spiro atoms. The summed E-state index contributed by atoms with van der Waals surface area (Å²) in [5, 5.41) is 10.3. The van der Waals surface area contributed by atoms with E-state index in [4.69, 9.17) is 0 Å². The van der Waals surface area contributed by atoms with E-state index in [1.807, 2.05) is 19.2 Å². The molecule has 0 aliphatic carbocycles. The molecule has 2 rings (SSSR count). The molecule has 2 heteroatoms. The van der Waals surface area contributed by atoms with Crippen LogP contribution in [-0.2, 0) is 5.60 Å². The lowest BCUT2D eigenvalue weighted by atomic mass is 9.83. The number of hydrogen-bond donors (Lipinski definition) is 1. The molecule has 1 aromatic carbocycles. The minimum absolute atomic E-state index is 0.606. The third-order valence-corrected chi connectivity index (χ3v) is 3.17. The fourth-order valence-electron chi connectivity index (χ4n) is 2.27. The Morgan fingerprint density at radius 1 is 1.29 bits per heavy atom. The number of hydrogen-bond acceptors (Lipinski definition) is 2. The predicted octanol–water partition coefficient (Wildman–Crippen LogP) is 1.44. The Morgan fingerprint density at radius 2 is 1.93 bits per heavy atom. The zero-order valence-electron chi connectivity index (χ0n) is 9.04. The Bertz CT molecular complexity index is 353. The number of aryl methyl sites for hydroxylation is 1. The summed E-state index contributed by atoms with van der Waals surface area (Å²) in [4.78, 5) is 2.13. The molecule has 0 radical (unpaired) electrons. The summed E-state index contributed by atoms with van der Waals surface area (Å²) < 4.78 is 0. The van der Waals surface area contributed by atoms with Crippen LogP contribution in [0, 0.1) is 13.8 Å². The molecule has 2 nitrogen and oxygen atoms in total. The second-order valence-corrected chi connectivity index (χ2v) is 4.45. The normalized spacial score (nSPS) is 20.6. The molecule has 76 valence electrons. The zero-order chi connectivity index (χ0) is 10.3. The largest absolute Gasteiger partial charge is 0.382 e. The highest BCUT2D eigenvalue weighted by Crippen LogP contribution is 2.33. The maximum absolute atomic E-state index is 10.3. The van der Waals surface area contributed by atoms with E-state index in [0.29, 0.717) is 0 Å². The average molecular weight is 191 g/mol. The van der Waals surface area contributed by atoms with Crippen LogP contribution in [-0.4, -0.2) is 30.1 Å². The van der Waals surface area contributed by atoms with Gasteiger partial charge in [0.25, 0.3) is 0 Å². The van der Waals surface area contributed by atoms with Gasteiger partial charge in [0.1, 0.15) is 5.60 Å². The van der Waals surface area contributed by atoms with Crippen LogP contribution in [0.2, 0.25) is 0 Å². The Kier molecular flexibility index (Phi) is 2.13. The molecule has 1 heterocycles. The first-order valence-corrected chi connectivity index (χ1v) is 5.00. The van der Waals surface area contributed by atoms with Crippen LogP contribution in [0.5, 0.6) is 0 Å². The van der Waals surface area contributed by atoms with E-state index in [9.17, 15) is 5.11 Å². The fraction of sp³-hybridized carbons (Fsp3) is 0.500. The summed E-state index contributed by atoms with van der Waals surface area (Å²) in [5.74, 6) is 0. The smallest absolute Gasteiger partial charge is 0.115 e. The van der Waals surface area contributed by atoms with Crippen molar-refractivity contribution in [2.75, 3.05) is 20.1 Å². The molecule has 0 saturated carbocycles. The number of β-amino-alcohol motifs (C(OH)–C–C–N with tert-alkyl or cyclic N) is 1. The number of aliphatic hydroxyl groups is 1. The van der Waals surface area contributed by atoms with Crippen molar-refractivity contribution in [2.45, 2.75) is 19.4 Å². The molecule has 0 bridgehead atoms. The van der Waals surface area contributed by atoms with E-state index in [1.165, 1.54) is 11.1 Å². The van der Waals surface area contributed by atoms with Crippen LogP contribution < -0.4 is 0 Å². The molecular weight excluding hydrogens is 174 g/mol. The molecule has 1 N–H and O–H groups in total. The van der Waals surface area contributed by atoms with E-state index in [0.717, 1.165) is 18.7 Å². The molecule has 14 heavy (non-hydrogen) atoms. The van der Waals surface area contributed by atoms with Gasteiger partial charge >= 0.3 is 0 Å². The molecule has 0 aromatic heterocycles. The quantitative estimate of drug-likeness (QED) is 0.726. The second kappa shape index (κ2) is 3.07. The minimum atomic E-state index is -0.606. The molecule has 0 amide bonds. The maximum Gasteiger partial charge on any atom is 0.115 e. The van der Waals surface area contributed by atoms with Gasteiger partial charge in [0.15, 0.2) is 0 Å². The lowest BCUT2D eigenvalue weighted by molar-refractivity contribution is -0.0923. The molecule has 1 aliphatic rings. The lowest BCUT2D eigenvalue weighted by Gasteiger charge is -2.45. The van der Waals surface area contributed by atoms with E-state index in [1.54, 1.807) is 0 Å². The standard InChI is InChI=1S/C12H17NO/c1-9-5-4-6-11(10(9)2)12(14)7-13(3)8-12/h4-6,14H,7-8H2,1-3H3. The number of likely N-dealkylation sites (N-methyl/N-ethyl adjacent to an activating group) is 1. The Hall–Kier alpha value is -0.860. The Balaban J connectivity index is 2.37. The van der Waals surface area contributed by atoms with Crippen molar-refractivity contribution in [2.24, 2.45) is 0 Å². The maximum atomic E-state index is 10.3. The SMILES string of the molecule is Cc1cccc(C2(O)CN(C)C2)c1C. The van der Waals surface area contributed by atoms with Gasteiger partial charge in [0, 0.05) is 13.1 Å². The third-order valence-electron chi connectivity index (χ3n) is 3.17. The number of benzene rings is 1. The molecule has 0 atom stereocenters. The average Bonchev–Trinajstić information content (AvgIpc) is 2.07. The molecular formula is C12H17NO. The minimum Gasteiger partial charge on any atom is -0.382 e. The van der Waals surface area contributed by atoms with E-state index in [2.05, 4.69) is 24.8 Å². The second-order valence-electron chi connectivity index (χ2n) is 4.45. The van der Waals surface area contributed by atoms with Gasteiger partial charge in [-0.1, -0.05) is 18.2 Å². The van der Waals surface area contributed by atoms with Crippen LogP contribution in [0.15, 0.2) is 18.2 Å². The van der Waals surface area contributed by atoms with E-state index >= 15 is 0 Å². The summed E-state index contributed by atoms with van der Waals surface area (Å²) >= 11 is 0. The molecule has 0 unspecified atom stereocenters. The van der Waals surface area contributed by atoms with Crippen molar-refractivity contribution < 1.29 is 5.11 Å². The van der Waals surface area contributed by atoms with Crippen molar-refractivity contribution in [3.05, 3.63) is 34.9 Å². The summed E-state index contributed by atoms with van der Waals surface area (Å²) in [6, 6.07) is 6.15. The zero-order valence-corrected chi connectivity index (χ0v) is 9.04. The number of rotatable bonds is 1. The highest BCUT2D eigenvalue weighted by molar-refractivity contribution is 5.38. The van der Waals surface area contributed by atoms with Gasteiger partial charge in [-0.15, -0.1) is 0 Å². The number of nitrogens with zero attached hydrogens (tertiary/aromatic N) is 1. The van der Waals surface area contributed by atoms with Gasteiger partial charge in [-0.25, -0.2) is 0 Å². The third kappa shape index (κ3) is 1.35. The molecule has 1 aromatic rings. The Labute approximate surface area is 85.2 Å². The van der Waals surface area contributed by atoms with Crippen LogP contribution in [0.1, 0.15) is 16.7 Å². The molecule has 1 saturated heterocycles. The van der Waals surface area contributed by atoms with Crippen molar-refractivity contribution in [3.63, 3.8) is 0 Å². The van der Waals surface area contributed by atoms with Crippen molar-refractivity contribution in [1.29, 1.82) is 0 Å². The van der Waals surface area contributed by atoms with Crippen LogP contribution >= 0.6 is 0 Å². The first-order valence-electron chi connectivity index (χ1n) is 5.00. The summed E-state index contributed by atoms with van der Waals surface area (Å²) in [6.45, 7) is 5.67. The highest BCUT2D eigenvalue weighted by atomic mass is 16.3. The van der Waals surface area contributed by atoms with E-state index in [-0.39, 0.29) is 0 Å². The first kappa shape index (κ1) is 9.69. The van der Waals surface area contributed by atoms with Gasteiger partial charge in [-0.3, -0.25) is 4.90 Å². The Morgan fingerprint density at radius 3 is 2.50 bits per heavy atom. The van der Waals surface area contributed by atoms with Gasteiger partial charge in [-0.05, 0) is 37.6 Å². The van der Waals surface area contributed by atoms with Crippen LogP contribution in [0.4, 0.5) is 0 Å². The van der Waals surface area contributed by atoms with Crippen LogP contribution in [0.25, 0.3) is 0 Å². The van der Waals surface area contributed by atoms with Gasteiger partial charge in [0.2, 0.25) is 0 Å². The molecule has 1 fully saturated rings. The highest BCUT2D eigenvalue weighted by Gasteiger charge is 2.41. The van der Waals surface area contributed by atoms with Gasteiger partial charge < -0.3 is 5.11 Å². The summed E-state index contributed by atoms with van der Waals surface area (Å²) in [6.07, 6.45) is 0. The lowest BCUT2D eigenvalue weighted by Crippen LogP contribution is -2.57. The summed E-state index contributed by atoms with van der Waals surface area (Å²) in [5.41, 5.74) is 2.97. The molecule has 1 aliphatic heterocycles. The monoisotopic (exact) mass is 191 g/mol. The van der Waals surface area contributed by atoms with Crippen LogP contribution in [0.3, 0.4) is 0 Å². The fourth-order valence-corrected chi connectivity index (χ4v) is 2.27. The van der Waals surface area contributed by atoms with E-state index < -0.39 is 5.60 Å².